The Balaban J connectivity index is 1.44. The maximum atomic E-state index is 4.82. The minimum absolute atomic E-state index is 0.726. The molecule has 1 fully saturated rings. The van der Waals surface area contributed by atoms with Gasteiger partial charge in [-0.15, -0.1) is 0 Å². The molecule has 0 aromatic rings. The second-order valence-electron chi connectivity index (χ2n) is 6.04. The summed E-state index contributed by atoms with van der Waals surface area (Å²) in [6, 6.07) is 0. The summed E-state index contributed by atoms with van der Waals surface area (Å²) < 4.78 is 0. The van der Waals surface area contributed by atoms with E-state index in [2.05, 4.69) is 19.1 Å². The van der Waals surface area contributed by atoms with Gasteiger partial charge >= 0.3 is 0 Å². The maximum Gasteiger partial charge on any atom is 0.0388 e. The molecule has 1 saturated carbocycles. The van der Waals surface area contributed by atoms with Gasteiger partial charge in [0.25, 0.3) is 0 Å². The fourth-order valence-electron chi connectivity index (χ4n) is 3.24. The molecule has 2 rings (SSSR count). The van der Waals surface area contributed by atoms with E-state index < -0.39 is 0 Å². The number of hydrogen-bond acceptors (Lipinski definition) is 1. The van der Waals surface area contributed by atoms with Crippen molar-refractivity contribution in [2.75, 3.05) is 6.54 Å². The zero-order chi connectivity index (χ0) is 12.6. The van der Waals surface area contributed by atoms with Gasteiger partial charge in [-0.2, -0.15) is 0 Å². The first-order chi connectivity index (χ1) is 8.90. The van der Waals surface area contributed by atoms with E-state index in [1.807, 2.05) is 0 Å². The molecule has 0 aromatic heterocycles. The van der Waals surface area contributed by atoms with Gasteiger partial charge in [-0.05, 0) is 25.2 Å². The van der Waals surface area contributed by atoms with Crippen molar-refractivity contribution in [3.05, 3.63) is 12.2 Å². The van der Waals surface area contributed by atoms with E-state index >= 15 is 0 Å². The molecule has 0 aromatic carbocycles. The van der Waals surface area contributed by atoms with Crippen LogP contribution in [0.3, 0.4) is 0 Å². The number of nitrogens with zero attached hydrogens (tertiary/aromatic N) is 1. The van der Waals surface area contributed by atoms with Gasteiger partial charge in [-0.25, -0.2) is 0 Å². The minimum Gasteiger partial charge on any atom is -0.293 e. The standard InChI is InChI=1S/C17H29N/c1-2-3-4-5-6-7-8-9-12-18-17-14-15-10-11-16(17)13-15/h10-11,15-16H,2-9,12-14H2,1H3. The zero-order valence-electron chi connectivity index (χ0n) is 12.0. The summed E-state index contributed by atoms with van der Waals surface area (Å²) in [6.45, 7) is 3.37. The Morgan fingerprint density at radius 3 is 2.33 bits per heavy atom. The van der Waals surface area contributed by atoms with Crippen molar-refractivity contribution in [1.29, 1.82) is 0 Å². The Kier molecular flexibility index (Phi) is 5.96. The molecule has 2 unspecified atom stereocenters. The Bertz CT molecular complexity index is 290. The Morgan fingerprint density at radius 2 is 1.72 bits per heavy atom. The van der Waals surface area contributed by atoms with Gasteiger partial charge in [0.1, 0.15) is 0 Å². The lowest BCUT2D eigenvalue weighted by molar-refractivity contribution is 0.578. The molecule has 102 valence electrons. The summed E-state index contributed by atoms with van der Waals surface area (Å²) in [5.74, 6) is 1.57. The van der Waals surface area contributed by atoms with Crippen LogP contribution in [0.2, 0.25) is 0 Å². The molecule has 2 aliphatic rings. The highest BCUT2D eigenvalue weighted by atomic mass is 14.8. The van der Waals surface area contributed by atoms with E-state index in [9.17, 15) is 0 Å². The van der Waals surface area contributed by atoms with E-state index in [1.54, 1.807) is 0 Å². The third kappa shape index (κ3) is 4.26. The van der Waals surface area contributed by atoms with Crippen LogP contribution in [-0.4, -0.2) is 12.3 Å². The van der Waals surface area contributed by atoms with Gasteiger partial charge in [0.15, 0.2) is 0 Å². The van der Waals surface area contributed by atoms with Crippen molar-refractivity contribution in [3.63, 3.8) is 0 Å². The van der Waals surface area contributed by atoms with Crippen molar-refractivity contribution in [2.45, 2.75) is 71.1 Å². The molecule has 1 heteroatoms. The summed E-state index contributed by atoms with van der Waals surface area (Å²) in [5.41, 5.74) is 1.51. The largest absolute Gasteiger partial charge is 0.293 e. The van der Waals surface area contributed by atoms with Crippen LogP contribution in [0, 0.1) is 11.8 Å². The molecule has 0 saturated heterocycles. The molecular formula is C17H29N. The molecule has 18 heavy (non-hydrogen) atoms. The predicted octanol–water partition coefficient (Wildman–Crippen LogP) is 5.16. The molecule has 1 nitrogen and oxygen atoms in total. The zero-order valence-corrected chi connectivity index (χ0v) is 12.0. The van der Waals surface area contributed by atoms with E-state index in [1.165, 1.54) is 69.9 Å². The van der Waals surface area contributed by atoms with E-state index in [4.69, 9.17) is 4.99 Å². The Hall–Kier alpha value is -0.590. The van der Waals surface area contributed by atoms with Crippen LogP contribution in [0.4, 0.5) is 0 Å². The van der Waals surface area contributed by atoms with Crippen molar-refractivity contribution in [2.24, 2.45) is 16.8 Å². The number of aliphatic imine (C=N–C) groups is 1. The first-order valence-corrected chi connectivity index (χ1v) is 8.11. The predicted molar refractivity (Wildman–Crippen MR) is 80.3 cm³/mol. The number of fused-ring (bicyclic) bond motifs is 2. The average Bonchev–Trinajstić information content (AvgIpc) is 2.99. The molecule has 2 aliphatic carbocycles. The second kappa shape index (κ2) is 7.76. The average molecular weight is 247 g/mol. The first-order valence-electron chi connectivity index (χ1n) is 8.11. The van der Waals surface area contributed by atoms with Crippen LogP contribution in [0.5, 0.6) is 0 Å². The number of unbranched alkanes of at least 4 members (excludes halogenated alkanes) is 7. The topological polar surface area (TPSA) is 12.4 Å². The number of rotatable bonds is 9. The van der Waals surface area contributed by atoms with Crippen LogP contribution >= 0.6 is 0 Å². The second-order valence-corrected chi connectivity index (χ2v) is 6.04. The molecule has 0 spiro atoms. The molecule has 0 aliphatic heterocycles. The van der Waals surface area contributed by atoms with E-state index in [0.29, 0.717) is 0 Å². The Labute approximate surface area is 113 Å². The first kappa shape index (κ1) is 13.8. The molecule has 2 bridgehead atoms. The highest BCUT2D eigenvalue weighted by Gasteiger charge is 2.31. The van der Waals surface area contributed by atoms with Crippen LogP contribution in [0.1, 0.15) is 71.1 Å². The van der Waals surface area contributed by atoms with Gasteiger partial charge in [-0.3, -0.25) is 4.99 Å². The van der Waals surface area contributed by atoms with E-state index in [0.717, 1.165) is 18.4 Å². The number of hydrogen-bond donors (Lipinski definition) is 0. The van der Waals surface area contributed by atoms with Gasteiger partial charge in [0.05, 0.1) is 0 Å². The summed E-state index contributed by atoms with van der Waals surface area (Å²) in [7, 11) is 0. The maximum absolute atomic E-state index is 4.82. The van der Waals surface area contributed by atoms with Crippen molar-refractivity contribution < 1.29 is 0 Å². The van der Waals surface area contributed by atoms with Gasteiger partial charge < -0.3 is 0 Å². The lowest BCUT2D eigenvalue weighted by Crippen LogP contribution is -2.06. The quantitative estimate of drug-likeness (QED) is 0.394. The van der Waals surface area contributed by atoms with Crippen molar-refractivity contribution in [3.8, 4) is 0 Å². The smallest absolute Gasteiger partial charge is 0.0388 e. The van der Waals surface area contributed by atoms with E-state index in [-0.39, 0.29) is 0 Å². The molecular weight excluding hydrogens is 218 g/mol. The summed E-state index contributed by atoms with van der Waals surface area (Å²) in [6.07, 6.45) is 18.6. The molecule has 0 amide bonds. The number of allylic oxidation sites excluding steroid dienone is 2. The van der Waals surface area contributed by atoms with Crippen molar-refractivity contribution >= 4 is 5.71 Å². The van der Waals surface area contributed by atoms with Crippen molar-refractivity contribution in [1.82, 2.24) is 0 Å². The molecule has 2 atom stereocenters. The SMILES string of the molecule is CCCCCCCCCCN=C1CC2C=CC1C2. The van der Waals surface area contributed by atoms with Gasteiger partial charge in [0, 0.05) is 18.2 Å². The summed E-state index contributed by atoms with van der Waals surface area (Å²) in [4.78, 5) is 4.82. The minimum atomic E-state index is 0.726. The van der Waals surface area contributed by atoms with Crippen LogP contribution in [0.25, 0.3) is 0 Å². The highest BCUT2D eigenvalue weighted by molar-refractivity contribution is 5.91. The van der Waals surface area contributed by atoms with Gasteiger partial charge in [-0.1, -0.05) is 64.0 Å². The Morgan fingerprint density at radius 1 is 1.00 bits per heavy atom. The lowest BCUT2D eigenvalue weighted by Gasteiger charge is -2.07. The monoisotopic (exact) mass is 247 g/mol. The lowest BCUT2D eigenvalue weighted by atomic mass is 10.1. The normalized spacial score (nSPS) is 27.5. The van der Waals surface area contributed by atoms with Crippen LogP contribution in [0.15, 0.2) is 17.1 Å². The highest BCUT2D eigenvalue weighted by Crippen LogP contribution is 2.36. The van der Waals surface area contributed by atoms with Crippen LogP contribution < -0.4 is 0 Å². The summed E-state index contributed by atoms with van der Waals surface area (Å²) >= 11 is 0. The molecule has 0 radical (unpaired) electrons. The molecule has 0 N–H and O–H groups in total. The molecule has 0 heterocycles. The third-order valence-corrected chi connectivity index (χ3v) is 4.40. The van der Waals surface area contributed by atoms with Crippen LogP contribution in [-0.2, 0) is 0 Å². The fourth-order valence-corrected chi connectivity index (χ4v) is 3.24. The fraction of sp³-hybridized carbons (Fsp3) is 0.824. The third-order valence-electron chi connectivity index (χ3n) is 4.40. The summed E-state index contributed by atoms with van der Waals surface area (Å²) in [5, 5.41) is 0. The van der Waals surface area contributed by atoms with Gasteiger partial charge in [0.2, 0.25) is 0 Å².